The molecule has 1 unspecified atom stereocenters. The first-order valence-electron chi connectivity index (χ1n) is 10.1. The minimum Gasteiger partial charge on any atom is -0.482 e. The van der Waals surface area contributed by atoms with Crippen molar-refractivity contribution >= 4 is 22.8 Å². The van der Waals surface area contributed by atoms with Crippen molar-refractivity contribution in [1.82, 2.24) is 5.32 Å². The van der Waals surface area contributed by atoms with Gasteiger partial charge in [0.15, 0.2) is 6.61 Å². The van der Waals surface area contributed by atoms with Crippen LogP contribution in [0.1, 0.15) is 41.8 Å². The Bertz CT molecular complexity index is 1180. The van der Waals surface area contributed by atoms with Gasteiger partial charge in [0.1, 0.15) is 22.6 Å². The van der Waals surface area contributed by atoms with E-state index in [2.05, 4.69) is 5.32 Å². The fourth-order valence-electron chi connectivity index (χ4n) is 2.90. The van der Waals surface area contributed by atoms with Crippen LogP contribution in [0.15, 0.2) is 51.7 Å². The monoisotopic (exact) mass is 423 g/mol. The molecule has 0 aliphatic rings. The third kappa shape index (κ3) is 5.31. The van der Waals surface area contributed by atoms with Gasteiger partial charge in [-0.05, 0) is 62.6 Å². The van der Waals surface area contributed by atoms with E-state index in [9.17, 15) is 14.4 Å². The van der Waals surface area contributed by atoms with E-state index in [0.29, 0.717) is 11.1 Å². The molecular weight excluding hydrogens is 398 g/mol. The first-order chi connectivity index (χ1) is 14.8. The summed E-state index contributed by atoms with van der Waals surface area (Å²) in [5, 5.41) is 3.28. The number of hydrogen-bond acceptors (Lipinski definition) is 6. The van der Waals surface area contributed by atoms with Gasteiger partial charge in [-0.15, -0.1) is 0 Å². The van der Waals surface area contributed by atoms with Crippen molar-refractivity contribution in [3.8, 4) is 11.5 Å². The molecule has 1 atom stereocenters. The summed E-state index contributed by atoms with van der Waals surface area (Å²) in [5.41, 5.74) is 1.41. The zero-order valence-electron chi connectivity index (χ0n) is 18.0. The lowest BCUT2D eigenvalue weighted by Gasteiger charge is -2.11. The normalized spacial score (nSPS) is 11.7. The molecule has 0 fully saturated rings. The number of fused-ring (bicyclic) bond motifs is 1. The largest absolute Gasteiger partial charge is 0.482 e. The molecule has 1 aromatic heterocycles. The number of rotatable bonds is 7. The maximum Gasteiger partial charge on any atom is 0.349 e. The molecule has 0 spiro atoms. The molecule has 7 heteroatoms. The van der Waals surface area contributed by atoms with Crippen molar-refractivity contribution in [2.75, 3.05) is 6.61 Å². The molecule has 162 valence electrons. The lowest BCUT2D eigenvalue weighted by Crippen LogP contribution is -2.34. The van der Waals surface area contributed by atoms with Crippen molar-refractivity contribution < 1.29 is 23.5 Å². The third-order valence-corrected chi connectivity index (χ3v) is 5.07. The predicted molar refractivity (Wildman–Crippen MR) is 117 cm³/mol. The number of aryl methyl sites for hydroxylation is 1. The van der Waals surface area contributed by atoms with Crippen LogP contribution in [-0.4, -0.2) is 24.5 Å². The van der Waals surface area contributed by atoms with Crippen LogP contribution in [-0.2, 0) is 4.79 Å². The summed E-state index contributed by atoms with van der Waals surface area (Å²) in [6, 6.07) is 11.6. The second-order valence-corrected chi connectivity index (χ2v) is 7.39. The highest BCUT2D eigenvalue weighted by Gasteiger charge is 2.16. The van der Waals surface area contributed by atoms with Gasteiger partial charge in [-0.2, -0.15) is 0 Å². The van der Waals surface area contributed by atoms with Gasteiger partial charge in [0.25, 0.3) is 5.91 Å². The van der Waals surface area contributed by atoms with Crippen LogP contribution in [0, 0.1) is 13.8 Å². The number of ether oxygens (including phenoxy) is 2. The maximum absolute atomic E-state index is 12.3. The maximum atomic E-state index is 12.3. The van der Waals surface area contributed by atoms with E-state index in [0.717, 1.165) is 17.5 Å². The van der Waals surface area contributed by atoms with Crippen LogP contribution in [0.2, 0.25) is 0 Å². The van der Waals surface area contributed by atoms with Crippen LogP contribution in [0.5, 0.6) is 11.5 Å². The first kappa shape index (κ1) is 22.1. The molecule has 0 radical (unpaired) electrons. The molecule has 31 heavy (non-hydrogen) atoms. The van der Waals surface area contributed by atoms with E-state index < -0.39 is 17.5 Å². The molecule has 2 aromatic carbocycles. The standard InChI is InChI=1S/C24H25NO6/c1-5-15(3)25-23(27)19-11-17-9-10-18(12-21(17)31-24(19)28)30-22(26)13-29-20-8-6-7-14(2)16(20)4/h6-12,15H,5,13H2,1-4H3,(H,25,27). The Balaban J connectivity index is 1.71. The van der Waals surface area contributed by atoms with Crippen molar-refractivity contribution in [1.29, 1.82) is 0 Å². The number of hydrogen-bond donors (Lipinski definition) is 1. The minimum atomic E-state index is -0.755. The molecule has 7 nitrogen and oxygen atoms in total. The van der Waals surface area contributed by atoms with E-state index >= 15 is 0 Å². The molecule has 3 rings (SSSR count). The molecule has 3 aromatic rings. The van der Waals surface area contributed by atoms with Crippen LogP contribution in [0.3, 0.4) is 0 Å². The Morgan fingerprint density at radius 3 is 2.65 bits per heavy atom. The first-order valence-corrected chi connectivity index (χ1v) is 10.1. The van der Waals surface area contributed by atoms with Crippen molar-refractivity contribution in [2.45, 2.75) is 40.2 Å². The summed E-state index contributed by atoms with van der Waals surface area (Å²) in [6.45, 7) is 7.40. The summed E-state index contributed by atoms with van der Waals surface area (Å²) in [6.07, 6.45) is 0.743. The Labute approximate surface area is 180 Å². The molecule has 0 saturated carbocycles. The topological polar surface area (TPSA) is 94.8 Å². The van der Waals surface area contributed by atoms with Crippen molar-refractivity contribution in [3.05, 3.63) is 69.6 Å². The van der Waals surface area contributed by atoms with Crippen molar-refractivity contribution in [3.63, 3.8) is 0 Å². The molecule has 1 N–H and O–H groups in total. The highest BCUT2D eigenvalue weighted by atomic mass is 16.6. The fraction of sp³-hybridized carbons (Fsp3) is 0.292. The molecular formula is C24H25NO6. The van der Waals surface area contributed by atoms with Gasteiger partial charge in [0, 0.05) is 17.5 Å². The smallest absolute Gasteiger partial charge is 0.349 e. The van der Waals surface area contributed by atoms with Gasteiger partial charge in [-0.1, -0.05) is 19.1 Å². The summed E-state index contributed by atoms with van der Waals surface area (Å²) < 4.78 is 16.1. The highest BCUT2D eigenvalue weighted by molar-refractivity contribution is 5.97. The average Bonchev–Trinajstić information content (AvgIpc) is 2.74. The van der Waals surface area contributed by atoms with Gasteiger partial charge in [0.2, 0.25) is 0 Å². The predicted octanol–water partition coefficient (Wildman–Crippen LogP) is 3.92. The Morgan fingerprint density at radius 1 is 1.13 bits per heavy atom. The summed E-state index contributed by atoms with van der Waals surface area (Å²) >= 11 is 0. The SMILES string of the molecule is CCC(C)NC(=O)c1cc2ccc(OC(=O)COc3cccc(C)c3C)cc2oc1=O. The molecule has 0 aliphatic heterocycles. The lowest BCUT2D eigenvalue weighted by atomic mass is 10.1. The number of nitrogens with one attached hydrogen (secondary N) is 1. The summed E-state index contributed by atoms with van der Waals surface area (Å²) in [4.78, 5) is 36.7. The van der Waals surface area contributed by atoms with Gasteiger partial charge >= 0.3 is 11.6 Å². The van der Waals surface area contributed by atoms with Gasteiger partial charge in [0.05, 0.1) is 0 Å². The third-order valence-electron chi connectivity index (χ3n) is 5.07. The quantitative estimate of drug-likeness (QED) is 0.352. The summed E-state index contributed by atoms with van der Waals surface area (Å²) in [5.74, 6) is -0.247. The van der Waals surface area contributed by atoms with Gasteiger partial charge in [-0.3, -0.25) is 4.79 Å². The number of esters is 1. The van der Waals surface area contributed by atoms with E-state index in [4.69, 9.17) is 13.9 Å². The van der Waals surface area contributed by atoms with Gasteiger partial charge in [-0.25, -0.2) is 9.59 Å². The van der Waals surface area contributed by atoms with Gasteiger partial charge < -0.3 is 19.2 Å². The van der Waals surface area contributed by atoms with Crippen LogP contribution < -0.4 is 20.4 Å². The van der Waals surface area contributed by atoms with E-state index in [-0.39, 0.29) is 29.5 Å². The number of benzene rings is 2. The van der Waals surface area contributed by atoms with E-state index in [1.54, 1.807) is 18.2 Å². The van der Waals surface area contributed by atoms with Crippen LogP contribution in [0.4, 0.5) is 0 Å². The molecule has 0 bridgehead atoms. The second-order valence-electron chi connectivity index (χ2n) is 7.39. The molecule has 1 amide bonds. The Hall–Kier alpha value is -3.61. The zero-order valence-corrected chi connectivity index (χ0v) is 18.0. The summed E-state index contributed by atoms with van der Waals surface area (Å²) in [7, 11) is 0. The number of carbonyl (C=O) groups is 2. The highest BCUT2D eigenvalue weighted by Crippen LogP contribution is 2.22. The second kappa shape index (κ2) is 9.47. The van der Waals surface area contributed by atoms with Crippen LogP contribution in [0.25, 0.3) is 11.0 Å². The molecule has 1 heterocycles. The zero-order chi connectivity index (χ0) is 22.5. The van der Waals surface area contributed by atoms with Crippen molar-refractivity contribution in [2.24, 2.45) is 0 Å². The number of amides is 1. The van der Waals surface area contributed by atoms with E-state index in [1.165, 1.54) is 12.1 Å². The number of carbonyl (C=O) groups excluding carboxylic acids is 2. The Morgan fingerprint density at radius 2 is 1.90 bits per heavy atom. The average molecular weight is 423 g/mol. The Kier molecular flexibility index (Phi) is 6.74. The molecule has 0 saturated heterocycles. The fourth-order valence-corrected chi connectivity index (χ4v) is 2.90. The van der Waals surface area contributed by atoms with Crippen LogP contribution >= 0.6 is 0 Å². The lowest BCUT2D eigenvalue weighted by molar-refractivity contribution is -0.136. The molecule has 0 aliphatic carbocycles. The minimum absolute atomic E-state index is 0.0600. The van der Waals surface area contributed by atoms with E-state index in [1.807, 2.05) is 39.8 Å².